The van der Waals surface area contributed by atoms with Gasteiger partial charge in [-0.1, -0.05) is 20.8 Å². The molecule has 22 heavy (non-hydrogen) atoms. The second-order valence-corrected chi connectivity index (χ2v) is 10.6. The van der Waals surface area contributed by atoms with E-state index in [4.69, 9.17) is 21.8 Å². The van der Waals surface area contributed by atoms with E-state index in [1.165, 1.54) is 0 Å². The Bertz CT molecular complexity index is 506. The van der Waals surface area contributed by atoms with Crippen LogP contribution in [0.2, 0.25) is 0 Å². The van der Waals surface area contributed by atoms with Crippen molar-refractivity contribution in [1.82, 2.24) is 0 Å². The molecule has 6 heteroatoms. The summed E-state index contributed by atoms with van der Waals surface area (Å²) in [6.45, 7) is 12.2. The van der Waals surface area contributed by atoms with Gasteiger partial charge in [0.05, 0.1) is 12.6 Å². The Morgan fingerprint density at radius 1 is 1.14 bits per heavy atom. The van der Waals surface area contributed by atoms with Gasteiger partial charge in [0.15, 0.2) is 0 Å². The van der Waals surface area contributed by atoms with E-state index in [9.17, 15) is 5.11 Å². The van der Waals surface area contributed by atoms with Gasteiger partial charge in [-0.05, 0) is 38.3 Å². The standard InChI is InChI=1S/C16H25NO2.2ClH.Zr/c1-15(2,3)13-9-12(19-7)8-11(14(13)18)10-17-16(4,5)6;;;/h8-10,18H,1-7H3;2*1H;/q;;;+2/p-2. The Balaban J connectivity index is 0.00000135. The fourth-order valence-electron chi connectivity index (χ4n) is 1.68. The Labute approximate surface area is 152 Å². The van der Waals surface area contributed by atoms with Crippen molar-refractivity contribution in [1.29, 1.82) is 0 Å². The zero-order valence-electron chi connectivity index (χ0n) is 14.3. The molecule has 124 valence electrons. The molecule has 0 radical (unpaired) electrons. The monoisotopic (exact) mass is 423 g/mol. The van der Waals surface area contributed by atoms with Crippen LogP contribution in [0.5, 0.6) is 11.5 Å². The predicted octanol–water partition coefficient (Wildman–Crippen LogP) is 5.29. The molecule has 0 atom stereocenters. The van der Waals surface area contributed by atoms with Crippen molar-refractivity contribution in [3.05, 3.63) is 23.3 Å². The van der Waals surface area contributed by atoms with Gasteiger partial charge in [-0.2, -0.15) is 0 Å². The molecule has 0 aliphatic carbocycles. The first kappa shape index (κ1) is 22.0. The Kier molecular flexibility index (Phi) is 9.28. The van der Waals surface area contributed by atoms with E-state index in [2.05, 4.69) is 25.8 Å². The molecule has 0 aromatic heterocycles. The van der Waals surface area contributed by atoms with Crippen LogP contribution < -0.4 is 4.74 Å². The predicted molar refractivity (Wildman–Crippen MR) is 92.4 cm³/mol. The van der Waals surface area contributed by atoms with Crippen LogP contribution in [0, 0.1) is 0 Å². The van der Waals surface area contributed by atoms with Gasteiger partial charge in [-0.3, -0.25) is 4.99 Å². The number of halogens is 2. The fourth-order valence-corrected chi connectivity index (χ4v) is 1.68. The third-order valence-electron chi connectivity index (χ3n) is 2.75. The molecule has 0 aliphatic rings. The number of hydrogen-bond donors (Lipinski definition) is 1. The third-order valence-corrected chi connectivity index (χ3v) is 2.75. The van der Waals surface area contributed by atoms with Crippen LogP contribution in [-0.4, -0.2) is 24.0 Å². The first-order valence-electron chi connectivity index (χ1n) is 6.89. The molecule has 0 saturated carbocycles. The van der Waals surface area contributed by atoms with Gasteiger partial charge in [0.25, 0.3) is 0 Å². The average Bonchev–Trinajstić information content (AvgIpc) is 2.36. The van der Waals surface area contributed by atoms with Gasteiger partial charge in [0, 0.05) is 17.3 Å². The summed E-state index contributed by atoms with van der Waals surface area (Å²) in [7, 11) is 11.5. The molecule has 0 fully saturated rings. The molecule has 0 heterocycles. The zero-order valence-corrected chi connectivity index (χ0v) is 18.3. The van der Waals surface area contributed by atoms with Crippen LogP contribution in [0.1, 0.15) is 52.7 Å². The molecule has 0 unspecified atom stereocenters. The van der Waals surface area contributed by atoms with Crippen molar-refractivity contribution in [2.45, 2.75) is 52.5 Å². The number of ether oxygens (including phenoxy) is 1. The van der Waals surface area contributed by atoms with Crippen LogP contribution in [0.4, 0.5) is 0 Å². The molecule has 0 amide bonds. The number of aliphatic imine (C=N–C) groups is 1. The number of benzene rings is 1. The van der Waals surface area contributed by atoms with Crippen LogP contribution in [0.25, 0.3) is 0 Å². The van der Waals surface area contributed by atoms with Crippen LogP contribution in [0.15, 0.2) is 17.1 Å². The summed E-state index contributed by atoms with van der Waals surface area (Å²) in [6, 6.07) is 3.68. The van der Waals surface area contributed by atoms with Crippen LogP contribution in [0.3, 0.4) is 0 Å². The third kappa shape index (κ3) is 7.99. The Morgan fingerprint density at radius 3 is 2.00 bits per heavy atom. The van der Waals surface area contributed by atoms with E-state index in [-0.39, 0.29) is 16.7 Å². The zero-order chi connectivity index (χ0) is 17.6. The molecule has 1 rings (SSSR count). The van der Waals surface area contributed by atoms with Gasteiger partial charge in [0.1, 0.15) is 11.5 Å². The van der Waals surface area contributed by atoms with Crippen molar-refractivity contribution in [3.8, 4) is 11.5 Å². The Morgan fingerprint density at radius 2 is 1.64 bits per heavy atom. The molecule has 1 aromatic rings. The van der Waals surface area contributed by atoms with Gasteiger partial charge in [-0.25, -0.2) is 0 Å². The molecular formula is C16H25Cl2NO2Zr. The van der Waals surface area contributed by atoms with E-state index >= 15 is 0 Å². The van der Waals surface area contributed by atoms with E-state index in [0.717, 1.165) is 11.3 Å². The molecular weight excluding hydrogens is 400 g/mol. The van der Waals surface area contributed by atoms with Gasteiger partial charge in [0.2, 0.25) is 0 Å². The molecule has 0 spiro atoms. The summed E-state index contributed by atoms with van der Waals surface area (Å²) in [5.74, 6) is 1.01. The van der Waals surface area contributed by atoms with E-state index in [0.29, 0.717) is 5.56 Å². The maximum atomic E-state index is 10.4. The Hall–Kier alpha value is -0.0469. The van der Waals surface area contributed by atoms with Crippen molar-refractivity contribution < 1.29 is 30.7 Å². The first-order chi connectivity index (χ1) is 9.96. The second-order valence-electron chi connectivity index (χ2n) is 6.86. The summed E-state index contributed by atoms with van der Waals surface area (Å²) in [6.07, 6.45) is 1.72. The SMILES string of the molecule is COc1cc(C=NC(C)(C)C)c(O)c(C(C)(C)C)c1.[Cl][Zr][Cl]. The summed E-state index contributed by atoms with van der Waals surface area (Å²) in [5.41, 5.74) is 1.24. The molecule has 0 bridgehead atoms. The van der Waals surface area contributed by atoms with Gasteiger partial charge >= 0.3 is 37.9 Å². The maximum absolute atomic E-state index is 10.4. The number of phenolic OH excluding ortho intramolecular Hbond substituents is 1. The molecule has 3 nitrogen and oxygen atoms in total. The average molecular weight is 426 g/mol. The van der Waals surface area contributed by atoms with Gasteiger partial charge < -0.3 is 9.84 Å². The van der Waals surface area contributed by atoms with Crippen LogP contribution >= 0.6 is 17.0 Å². The minimum absolute atomic E-state index is 0.150. The van der Waals surface area contributed by atoms with Crippen molar-refractivity contribution >= 4 is 23.2 Å². The normalized spacial score (nSPS) is 11.9. The van der Waals surface area contributed by atoms with Gasteiger partial charge in [-0.15, -0.1) is 0 Å². The number of aromatic hydroxyl groups is 1. The molecule has 0 aliphatic heterocycles. The molecule has 1 aromatic carbocycles. The van der Waals surface area contributed by atoms with E-state index in [1.54, 1.807) is 19.4 Å². The number of methoxy groups -OCH3 is 1. The minimum atomic E-state index is -0.826. The summed E-state index contributed by atoms with van der Waals surface area (Å²) < 4.78 is 5.30. The summed E-state index contributed by atoms with van der Waals surface area (Å²) >= 11 is -0.826. The molecule has 0 saturated heterocycles. The van der Waals surface area contributed by atoms with Crippen molar-refractivity contribution in [3.63, 3.8) is 0 Å². The van der Waals surface area contributed by atoms with E-state index < -0.39 is 20.8 Å². The van der Waals surface area contributed by atoms with Crippen molar-refractivity contribution in [2.75, 3.05) is 7.11 Å². The van der Waals surface area contributed by atoms with Crippen molar-refractivity contribution in [2.24, 2.45) is 4.99 Å². The molecule has 1 N–H and O–H groups in total. The first-order valence-corrected chi connectivity index (χ1v) is 13.2. The van der Waals surface area contributed by atoms with Crippen LogP contribution in [-0.2, 0) is 26.3 Å². The number of nitrogens with zero attached hydrogens (tertiary/aromatic N) is 1. The number of phenols is 1. The second kappa shape index (κ2) is 9.30. The topological polar surface area (TPSA) is 41.8 Å². The number of hydrogen-bond acceptors (Lipinski definition) is 3. The quantitative estimate of drug-likeness (QED) is 0.654. The summed E-state index contributed by atoms with van der Waals surface area (Å²) in [5, 5.41) is 10.4. The number of rotatable bonds is 2. The summed E-state index contributed by atoms with van der Waals surface area (Å²) in [4.78, 5) is 4.45. The fraction of sp³-hybridized carbons (Fsp3) is 0.562. The van der Waals surface area contributed by atoms with E-state index in [1.807, 2.05) is 26.8 Å².